The molecule has 0 aromatic heterocycles. The maximum absolute atomic E-state index is 13.3. The summed E-state index contributed by atoms with van der Waals surface area (Å²) in [4.78, 5) is 11.4. The van der Waals surface area contributed by atoms with E-state index in [1.54, 1.807) is 0 Å². The maximum atomic E-state index is 13.3. The lowest BCUT2D eigenvalue weighted by molar-refractivity contribution is -0.122. The van der Waals surface area contributed by atoms with Gasteiger partial charge in [0, 0.05) is 6.04 Å². The van der Waals surface area contributed by atoms with Gasteiger partial charge in [-0.05, 0) is 38.0 Å². The second-order valence-corrected chi connectivity index (χ2v) is 6.52. The number of nitrogens with two attached hydrogens (primary N) is 1. The van der Waals surface area contributed by atoms with E-state index in [4.69, 9.17) is 5.73 Å². The highest BCUT2D eigenvalue weighted by molar-refractivity contribution is 7.89. The molecule has 4 N–H and O–H groups in total. The van der Waals surface area contributed by atoms with Crippen LogP contribution in [0, 0.1) is 5.82 Å². The van der Waals surface area contributed by atoms with Gasteiger partial charge >= 0.3 is 0 Å². The van der Waals surface area contributed by atoms with E-state index in [-0.39, 0.29) is 16.6 Å². The third-order valence-corrected chi connectivity index (χ3v) is 4.47. The van der Waals surface area contributed by atoms with Crippen molar-refractivity contribution in [3.8, 4) is 0 Å². The summed E-state index contributed by atoms with van der Waals surface area (Å²) in [7, 11) is -3.97. The fourth-order valence-corrected chi connectivity index (χ4v) is 2.80. The number of anilines is 1. The van der Waals surface area contributed by atoms with Gasteiger partial charge in [-0.15, -0.1) is 0 Å². The van der Waals surface area contributed by atoms with Crippen LogP contribution in [-0.4, -0.2) is 26.4 Å². The highest BCUT2D eigenvalue weighted by atomic mass is 32.2. The molecule has 0 spiro atoms. The summed E-state index contributed by atoms with van der Waals surface area (Å²) in [5.41, 5.74) is 5.15. The van der Waals surface area contributed by atoms with Crippen molar-refractivity contribution in [1.29, 1.82) is 0 Å². The van der Waals surface area contributed by atoms with Crippen LogP contribution < -0.4 is 15.8 Å². The van der Waals surface area contributed by atoms with E-state index in [2.05, 4.69) is 10.0 Å². The molecule has 6 nitrogen and oxygen atoms in total. The molecule has 1 unspecified atom stereocenters. The third kappa shape index (κ3) is 3.45. The van der Waals surface area contributed by atoms with Crippen LogP contribution in [0.4, 0.5) is 10.1 Å². The minimum atomic E-state index is -3.97. The maximum Gasteiger partial charge on any atom is 0.241 e. The standard InChI is InChI=1S/C12H16FN3O3S/c1-7(12(17)15-8-2-3-8)16-20(18,19)9-4-5-11(14)10(13)6-9/h4-8,16H,2-3,14H2,1H3,(H,15,17). The van der Waals surface area contributed by atoms with Crippen LogP contribution in [0.25, 0.3) is 0 Å². The molecule has 1 atom stereocenters. The van der Waals surface area contributed by atoms with Crippen LogP contribution in [-0.2, 0) is 14.8 Å². The molecule has 0 bridgehead atoms. The molecule has 1 saturated carbocycles. The van der Waals surface area contributed by atoms with E-state index in [9.17, 15) is 17.6 Å². The fourth-order valence-electron chi connectivity index (χ4n) is 1.58. The Kier molecular flexibility index (Phi) is 3.96. The Hall–Kier alpha value is -1.67. The molecule has 1 fully saturated rings. The zero-order chi connectivity index (χ0) is 14.9. The number of carbonyl (C=O) groups excluding carboxylic acids is 1. The van der Waals surface area contributed by atoms with Crippen molar-refractivity contribution < 1.29 is 17.6 Å². The van der Waals surface area contributed by atoms with Crippen LogP contribution in [0.5, 0.6) is 0 Å². The van der Waals surface area contributed by atoms with E-state index in [1.165, 1.54) is 19.1 Å². The van der Waals surface area contributed by atoms with Crippen molar-refractivity contribution in [3.05, 3.63) is 24.0 Å². The SMILES string of the molecule is CC(NS(=O)(=O)c1ccc(N)c(F)c1)C(=O)NC1CC1. The highest BCUT2D eigenvalue weighted by Gasteiger charge is 2.28. The number of sulfonamides is 1. The zero-order valence-electron chi connectivity index (χ0n) is 10.9. The summed E-state index contributed by atoms with van der Waals surface area (Å²) in [6.07, 6.45) is 1.82. The number of carbonyl (C=O) groups is 1. The van der Waals surface area contributed by atoms with Crippen LogP contribution in [0.3, 0.4) is 0 Å². The predicted molar refractivity (Wildman–Crippen MR) is 71.8 cm³/mol. The van der Waals surface area contributed by atoms with Gasteiger partial charge in [0.2, 0.25) is 15.9 Å². The Balaban J connectivity index is 2.09. The molecule has 1 aliphatic carbocycles. The van der Waals surface area contributed by atoms with Gasteiger partial charge < -0.3 is 11.1 Å². The Labute approximate surface area is 116 Å². The third-order valence-electron chi connectivity index (χ3n) is 2.93. The molecule has 2 rings (SSSR count). The Morgan fingerprint density at radius 1 is 1.45 bits per heavy atom. The van der Waals surface area contributed by atoms with Crippen molar-refractivity contribution in [1.82, 2.24) is 10.0 Å². The lowest BCUT2D eigenvalue weighted by atomic mass is 10.3. The first-order chi connectivity index (χ1) is 9.29. The fraction of sp³-hybridized carbons (Fsp3) is 0.417. The molecular weight excluding hydrogens is 285 g/mol. The topological polar surface area (TPSA) is 101 Å². The first-order valence-electron chi connectivity index (χ1n) is 6.17. The van der Waals surface area contributed by atoms with Gasteiger partial charge in [-0.1, -0.05) is 0 Å². The largest absolute Gasteiger partial charge is 0.396 e. The van der Waals surface area contributed by atoms with Crippen molar-refractivity contribution in [2.24, 2.45) is 0 Å². The summed E-state index contributed by atoms with van der Waals surface area (Å²) in [5.74, 6) is -1.21. The summed E-state index contributed by atoms with van der Waals surface area (Å²) >= 11 is 0. The number of hydrogen-bond donors (Lipinski definition) is 3. The summed E-state index contributed by atoms with van der Waals surface area (Å²) < 4.78 is 39.5. The summed E-state index contributed by atoms with van der Waals surface area (Å²) in [5, 5.41) is 2.69. The Morgan fingerprint density at radius 3 is 2.65 bits per heavy atom. The summed E-state index contributed by atoms with van der Waals surface area (Å²) in [6.45, 7) is 1.43. The van der Waals surface area contributed by atoms with E-state index in [0.717, 1.165) is 18.9 Å². The van der Waals surface area contributed by atoms with Crippen LogP contribution in [0.1, 0.15) is 19.8 Å². The number of hydrogen-bond acceptors (Lipinski definition) is 4. The molecule has 0 heterocycles. The van der Waals surface area contributed by atoms with E-state index < -0.39 is 27.8 Å². The number of benzene rings is 1. The molecular formula is C12H16FN3O3S. The lowest BCUT2D eigenvalue weighted by Gasteiger charge is -2.14. The molecule has 1 amide bonds. The Morgan fingerprint density at radius 2 is 2.10 bits per heavy atom. The molecule has 20 heavy (non-hydrogen) atoms. The van der Waals surface area contributed by atoms with Crippen LogP contribution >= 0.6 is 0 Å². The minimum Gasteiger partial charge on any atom is -0.396 e. The van der Waals surface area contributed by atoms with Gasteiger partial charge in [-0.25, -0.2) is 12.8 Å². The molecule has 0 saturated heterocycles. The smallest absolute Gasteiger partial charge is 0.241 e. The number of amides is 1. The highest BCUT2D eigenvalue weighted by Crippen LogP contribution is 2.19. The number of nitrogen functional groups attached to an aromatic ring is 1. The van der Waals surface area contributed by atoms with Crippen molar-refractivity contribution in [3.63, 3.8) is 0 Å². The minimum absolute atomic E-state index is 0.136. The van der Waals surface area contributed by atoms with Gasteiger partial charge in [-0.3, -0.25) is 4.79 Å². The average molecular weight is 301 g/mol. The number of halogens is 1. The second kappa shape index (κ2) is 5.37. The molecule has 1 aromatic rings. The first kappa shape index (κ1) is 14.7. The number of rotatable bonds is 5. The van der Waals surface area contributed by atoms with Gasteiger partial charge in [0.05, 0.1) is 16.6 Å². The van der Waals surface area contributed by atoms with Crippen LogP contribution in [0.2, 0.25) is 0 Å². The van der Waals surface area contributed by atoms with Crippen molar-refractivity contribution >= 4 is 21.6 Å². The number of nitrogens with one attached hydrogen (secondary N) is 2. The molecule has 8 heteroatoms. The van der Waals surface area contributed by atoms with E-state index >= 15 is 0 Å². The van der Waals surface area contributed by atoms with Crippen molar-refractivity contribution in [2.75, 3.05) is 5.73 Å². The Bertz CT molecular complexity index is 629. The molecule has 110 valence electrons. The van der Waals surface area contributed by atoms with E-state index in [1.807, 2.05) is 0 Å². The molecule has 0 aliphatic heterocycles. The molecule has 0 radical (unpaired) electrons. The van der Waals surface area contributed by atoms with Gasteiger partial charge in [-0.2, -0.15) is 4.72 Å². The quantitative estimate of drug-likeness (QED) is 0.683. The van der Waals surface area contributed by atoms with Gasteiger partial charge in [0.1, 0.15) is 5.82 Å². The van der Waals surface area contributed by atoms with Crippen LogP contribution in [0.15, 0.2) is 23.1 Å². The second-order valence-electron chi connectivity index (χ2n) is 4.81. The average Bonchev–Trinajstić information content (AvgIpc) is 3.15. The lowest BCUT2D eigenvalue weighted by Crippen LogP contribution is -2.45. The monoisotopic (exact) mass is 301 g/mol. The van der Waals surface area contributed by atoms with Gasteiger partial charge in [0.15, 0.2) is 0 Å². The van der Waals surface area contributed by atoms with Gasteiger partial charge in [0.25, 0.3) is 0 Å². The molecule has 1 aromatic carbocycles. The van der Waals surface area contributed by atoms with Crippen molar-refractivity contribution in [2.45, 2.75) is 36.7 Å². The summed E-state index contributed by atoms with van der Waals surface area (Å²) in [6, 6.07) is 2.39. The predicted octanol–water partition coefficient (Wildman–Crippen LogP) is 0.353. The van der Waals surface area contributed by atoms with E-state index in [0.29, 0.717) is 0 Å². The first-order valence-corrected chi connectivity index (χ1v) is 7.65. The normalized spacial score (nSPS) is 16.7. The molecule has 1 aliphatic rings. The zero-order valence-corrected chi connectivity index (χ0v) is 11.7.